The zero-order chi connectivity index (χ0) is 33.2. The number of hydrogen-bond acceptors (Lipinski definition) is 2. The Morgan fingerprint density at radius 3 is 1.25 bits per heavy atom. The van der Waals surface area contributed by atoms with Crippen molar-refractivity contribution < 1.29 is 9.47 Å². The molecule has 0 saturated carbocycles. The number of epoxide rings is 2. The Morgan fingerprint density at radius 2 is 0.875 bits per heavy atom. The molecule has 252 valence electrons. The van der Waals surface area contributed by atoms with Crippen LogP contribution in [0, 0.1) is 10.8 Å². The van der Waals surface area contributed by atoms with E-state index in [1.54, 1.807) is 0 Å². The summed E-state index contributed by atoms with van der Waals surface area (Å²) < 4.78 is 13.3. The van der Waals surface area contributed by atoms with Crippen LogP contribution in [0.4, 0.5) is 0 Å². The van der Waals surface area contributed by atoms with Crippen molar-refractivity contribution in [2.24, 2.45) is 10.8 Å². The topological polar surface area (TPSA) is 25.1 Å². The summed E-state index contributed by atoms with van der Waals surface area (Å²) in [7, 11) is 0. The van der Waals surface area contributed by atoms with Gasteiger partial charge in [0.25, 0.3) is 0 Å². The van der Waals surface area contributed by atoms with E-state index in [9.17, 15) is 0 Å². The third kappa shape index (κ3) is 5.48. The second-order valence-electron chi connectivity index (χ2n) is 15.2. The molecule has 2 heterocycles. The molecule has 0 amide bonds. The van der Waals surface area contributed by atoms with E-state index < -0.39 is 0 Å². The van der Waals surface area contributed by atoms with Crippen LogP contribution < -0.4 is 0 Å². The predicted octanol–water partition coefficient (Wildman–Crippen LogP) is 11.7. The zero-order valence-electron chi connectivity index (χ0n) is 29.8. The first-order chi connectivity index (χ1) is 23.5. The normalized spacial score (nSPS) is 31.0. The lowest BCUT2D eigenvalue weighted by atomic mass is 9.70. The highest BCUT2D eigenvalue weighted by molar-refractivity contribution is 5.51. The predicted molar refractivity (Wildman–Crippen MR) is 198 cm³/mol. The van der Waals surface area contributed by atoms with Crippen molar-refractivity contribution in [2.45, 2.75) is 128 Å². The molecule has 8 rings (SSSR count). The highest BCUT2D eigenvalue weighted by Gasteiger charge is 2.69. The van der Waals surface area contributed by atoms with Crippen molar-refractivity contribution in [3.05, 3.63) is 143 Å². The van der Waals surface area contributed by atoms with Gasteiger partial charge in [-0.15, -0.1) is 0 Å². The fourth-order valence-electron chi connectivity index (χ4n) is 9.83. The first-order valence-electron chi connectivity index (χ1n) is 19.2. The largest absolute Gasteiger partial charge is 0.355 e. The fraction of sp³-hybridized carbons (Fsp3) is 0.478. The second kappa shape index (κ2) is 13.6. The molecular formula is C46H56O2. The Morgan fingerprint density at radius 1 is 0.500 bits per heavy atom. The molecule has 6 atom stereocenters. The lowest BCUT2D eigenvalue weighted by Crippen LogP contribution is -2.31. The molecule has 4 aliphatic rings. The van der Waals surface area contributed by atoms with Gasteiger partial charge in [0.1, 0.15) is 23.4 Å². The molecule has 2 aliphatic heterocycles. The Hall–Kier alpha value is -3.20. The van der Waals surface area contributed by atoms with Crippen molar-refractivity contribution in [3.8, 4) is 0 Å². The number of benzene rings is 4. The Kier molecular flexibility index (Phi) is 9.44. The van der Waals surface area contributed by atoms with Crippen molar-refractivity contribution in [1.29, 1.82) is 0 Å². The molecule has 2 fully saturated rings. The van der Waals surface area contributed by atoms with E-state index in [2.05, 4.69) is 137 Å². The minimum absolute atomic E-state index is 0.210. The highest BCUT2D eigenvalue weighted by atomic mass is 16.6. The van der Waals surface area contributed by atoms with Gasteiger partial charge in [-0.05, 0) is 84.7 Å². The van der Waals surface area contributed by atoms with Gasteiger partial charge in [0.15, 0.2) is 0 Å². The molecule has 4 aromatic carbocycles. The van der Waals surface area contributed by atoms with E-state index in [0.29, 0.717) is 23.0 Å². The summed E-state index contributed by atoms with van der Waals surface area (Å²) in [6.45, 7) is 9.33. The van der Waals surface area contributed by atoms with E-state index in [-0.39, 0.29) is 11.2 Å². The maximum atomic E-state index is 6.66. The minimum atomic E-state index is -0.210. The molecule has 0 bridgehead atoms. The van der Waals surface area contributed by atoms with Crippen molar-refractivity contribution in [1.82, 2.24) is 0 Å². The average molecular weight is 641 g/mol. The lowest BCUT2D eigenvalue weighted by molar-refractivity contribution is 0.152. The number of hydrogen-bond donors (Lipinski definition) is 0. The van der Waals surface area contributed by atoms with Gasteiger partial charge in [0, 0.05) is 10.8 Å². The van der Waals surface area contributed by atoms with E-state index in [1.165, 1.54) is 110 Å². The van der Waals surface area contributed by atoms with Crippen LogP contribution in [-0.4, -0.2) is 12.2 Å². The summed E-state index contributed by atoms with van der Waals surface area (Å²) in [4.78, 5) is 0. The van der Waals surface area contributed by atoms with Gasteiger partial charge >= 0.3 is 0 Å². The highest BCUT2D eigenvalue weighted by Crippen LogP contribution is 2.65. The SMILES string of the molecule is CCCC[C@]1(CC)CCc2ccccc2[C@@]2(c3ccccc3)O[C@@H]12.CCCC[C@]1(CC)CCc2ccccc2[C@]2(c3ccccc3)O[C@H]12. The molecular weight excluding hydrogens is 585 g/mol. The van der Waals surface area contributed by atoms with Crippen LogP contribution in [0.15, 0.2) is 109 Å². The first-order valence-corrected chi connectivity index (χ1v) is 19.2. The van der Waals surface area contributed by atoms with Gasteiger partial charge in [0.05, 0.1) is 0 Å². The lowest BCUT2D eigenvalue weighted by Gasteiger charge is -2.31. The molecule has 2 heteroatoms. The van der Waals surface area contributed by atoms with E-state index in [4.69, 9.17) is 9.47 Å². The summed E-state index contributed by atoms with van der Waals surface area (Å²) in [6, 6.07) is 39.7. The van der Waals surface area contributed by atoms with Crippen LogP contribution in [0.25, 0.3) is 0 Å². The van der Waals surface area contributed by atoms with Gasteiger partial charge in [-0.25, -0.2) is 0 Å². The number of unbranched alkanes of at least 4 members (excludes halogenated alkanes) is 2. The van der Waals surface area contributed by atoms with Gasteiger partial charge in [-0.2, -0.15) is 0 Å². The third-order valence-corrected chi connectivity index (χ3v) is 12.8. The monoisotopic (exact) mass is 640 g/mol. The summed E-state index contributed by atoms with van der Waals surface area (Å²) in [5.74, 6) is 0. The van der Waals surface area contributed by atoms with Crippen molar-refractivity contribution >= 4 is 0 Å². The van der Waals surface area contributed by atoms with Crippen LogP contribution in [0.3, 0.4) is 0 Å². The van der Waals surface area contributed by atoms with Crippen LogP contribution in [0.5, 0.6) is 0 Å². The Labute approximate surface area is 290 Å². The maximum Gasteiger partial charge on any atom is 0.146 e. The number of aryl methyl sites for hydroxylation is 2. The van der Waals surface area contributed by atoms with Gasteiger partial charge < -0.3 is 9.47 Å². The third-order valence-electron chi connectivity index (χ3n) is 12.8. The molecule has 2 nitrogen and oxygen atoms in total. The molecule has 0 aromatic heterocycles. The van der Waals surface area contributed by atoms with Gasteiger partial charge in [0.2, 0.25) is 0 Å². The fourth-order valence-corrected chi connectivity index (χ4v) is 9.83. The molecule has 2 saturated heterocycles. The smallest absolute Gasteiger partial charge is 0.146 e. The van der Waals surface area contributed by atoms with Crippen molar-refractivity contribution in [3.63, 3.8) is 0 Å². The molecule has 4 aromatic rings. The Bertz CT molecular complexity index is 1540. The average Bonchev–Trinajstić information content (AvgIpc) is 4.08. The number of fused-ring (bicyclic) bond motifs is 6. The zero-order valence-corrected chi connectivity index (χ0v) is 29.8. The van der Waals surface area contributed by atoms with Crippen LogP contribution in [0.2, 0.25) is 0 Å². The molecule has 0 spiro atoms. The van der Waals surface area contributed by atoms with Gasteiger partial charge in [-0.3, -0.25) is 0 Å². The van der Waals surface area contributed by atoms with E-state index in [1.807, 2.05) is 0 Å². The number of ether oxygens (including phenoxy) is 2. The van der Waals surface area contributed by atoms with E-state index >= 15 is 0 Å². The van der Waals surface area contributed by atoms with Crippen LogP contribution in [0.1, 0.15) is 125 Å². The summed E-state index contributed by atoms with van der Waals surface area (Å²) >= 11 is 0. The van der Waals surface area contributed by atoms with Gasteiger partial charge in [-0.1, -0.05) is 163 Å². The molecule has 48 heavy (non-hydrogen) atoms. The maximum absolute atomic E-state index is 6.66. The summed E-state index contributed by atoms with van der Waals surface area (Å²) in [5, 5.41) is 0. The molecule has 0 unspecified atom stereocenters. The standard InChI is InChI=1S/2C23H28O/c2*1-3-5-16-22(4-2)17-15-18-11-9-10-14-20(18)23(21(22)24-23)19-12-7-6-8-13-19/h2*6-14,21H,3-5,15-17H2,1-2H3/t21-,22+,23+;21-,22-,23+/m01/s1. The first kappa shape index (κ1) is 33.3. The minimum Gasteiger partial charge on any atom is -0.355 e. The summed E-state index contributed by atoms with van der Waals surface area (Å²) in [5.41, 5.74) is 8.65. The van der Waals surface area contributed by atoms with E-state index in [0.717, 1.165) is 0 Å². The molecule has 0 N–H and O–H groups in total. The van der Waals surface area contributed by atoms with Crippen molar-refractivity contribution in [2.75, 3.05) is 0 Å². The quantitative estimate of drug-likeness (QED) is 0.161. The second-order valence-corrected chi connectivity index (χ2v) is 15.2. The van der Waals surface area contributed by atoms with Crippen LogP contribution >= 0.6 is 0 Å². The number of rotatable bonds is 10. The summed E-state index contributed by atoms with van der Waals surface area (Å²) in [6.07, 6.45) is 15.6. The van der Waals surface area contributed by atoms with Crippen LogP contribution in [-0.2, 0) is 33.5 Å². The Balaban J connectivity index is 0.000000152. The molecule has 2 aliphatic carbocycles. The molecule has 0 radical (unpaired) electrons.